The zero-order valence-electron chi connectivity index (χ0n) is 18.5. The lowest BCUT2D eigenvalue weighted by Gasteiger charge is -2.37. The zero-order chi connectivity index (χ0) is 25.0. The van der Waals surface area contributed by atoms with Crippen LogP contribution in [0.15, 0.2) is 59.8 Å². The van der Waals surface area contributed by atoms with Gasteiger partial charge in [-0.2, -0.15) is 0 Å². The molecule has 1 heterocycles. The fraction of sp³-hybridized carbons (Fsp3) is 0.261. The fourth-order valence-corrected chi connectivity index (χ4v) is 3.86. The average molecular weight is 470 g/mol. The van der Waals surface area contributed by atoms with E-state index in [0.29, 0.717) is 0 Å². The highest BCUT2D eigenvalue weighted by Crippen LogP contribution is 2.35. The number of carbonyl (C=O) groups is 3. The Morgan fingerprint density at radius 3 is 2.59 bits per heavy atom. The second-order valence-electron chi connectivity index (χ2n) is 7.81. The Morgan fingerprint density at radius 1 is 1.24 bits per heavy atom. The van der Waals surface area contributed by atoms with Gasteiger partial charge in [0.05, 0.1) is 16.5 Å². The Bertz CT molecular complexity index is 1180. The molecule has 34 heavy (non-hydrogen) atoms. The van der Waals surface area contributed by atoms with Gasteiger partial charge in [0.25, 0.3) is 11.6 Å². The first kappa shape index (κ1) is 24.4. The molecule has 0 saturated carbocycles. The SMILES string of the molecule is CC1=C(C(=O)O)C(c2cccc([N+](=O)[O-])c2)N(CCCN(C)C(=O)c2cccc(F)c2)C(=O)N1. The van der Waals surface area contributed by atoms with Crippen molar-refractivity contribution in [1.82, 2.24) is 15.1 Å². The smallest absolute Gasteiger partial charge is 0.335 e. The van der Waals surface area contributed by atoms with Crippen LogP contribution in [-0.2, 0) is 4.79 Å². The topological polar surface area (TPSA) is 133 Å². The molecule has 1 atom stereocenters. The van der Waals surface area contributed by atoms with Crippen molar-refractivity contribution < 1.29 is 28.8 Å². The van der Waals surface area contributed by atoms with E-state index in [-0.39, 0.29) is 47.6 Å². The van der Waals surface area contributed by atoms with Gasteiger partial charge in [0.15, 0.2) is 0 Å². The van der Waals surface area contributed by atoms with E-state index in [0.717, 1.165) is 6.07 Å². The van der Waals surface area contributed by atoms with Crippen LogP contribution in [0, 0.1) is 15.9 Å². The third-order valence-corrected chi connectivity index (χ3v) is 5.48. The molecule has 10 nitrogen and oxygen atoms in total. The van der Waals surface area contributed by atoms with Gasteiger partial charge >= 0.3 is 12.0 Å². The molecule has 3 amide bonds. The lowest BCUT2D eigenvalue weighted by atomic mass is 9.93. The number of urea groups is 1. The third kappa shape index (κ3) is 5.20. The molecule has 178 valence electrons. The Labute approximate surface area is 194 Å². The number of hydrogen-bond acceptors (Lipinski definition) is 5. The van der Waals surface area contributed by atoms with Crippen LogP contribution in [0.5, 0.6) is 0 Å². The van der Waals surface area contributed by atoms with Crippen LogP contribution in [0.25, 0.3) is 0 Å². The van der Waals surface area contributed by atoms with E-state index in [2.05, 4.69) is 5.32 Å². The van der Waals surface area contributed by atoms with E-state index in [1.165, 1.54) is 66.2 Å². The van der Waals surface area contributed by atoms with Gasteiger partial charge in [0.1, 0.15) is 5.82 Å². The number of rotatable bonds is 8. The summed E-state index contributed by atoms with van der Waals surface area (Å²) in [6.07, 6.45) is 0.280. The highest BCUT2D eigenvalue weighted by Gasteiger charge is 2.38. The van der Waals surface area contributed by atoms with Crippen LogP contribution in [0.3, 0.4) is 0 Å². The normalized spacial score (nSPS) is 15.7. The highest BCUT2D eigenvalue weighted by molar-refractivity contribution is 5.94. The molecule has 2 aromatic rings. The number of hydrogen-bond donors (Lipinski definition) is 2. The number of non-ortho nitro benzene ring substituents is 1. The number of benzene rings is 2. The predicted molar refractivity (Wildman–Crippen MR) is 119 cm³/mol. The standard InChI is InChI=1S/C23H23FN4O6/c1-14-19(22(30)31)20(15-6-4-9-18(13-15)28(33)34)27(23(32)25-14)11-5-10-26(2)21(29)16-7-3-8-17(24)12-16/h3-4,6-9,12-13,20H,5,10-11H2,1-2H3,(H,25,32)(H,30,31). The maximum absolute atomic E-state index is 13.4. The maximum atomic E-state index is 13.4. The van der Waals surface area contributed by atoms with Crippen molar-refractivity contribution in [3.63, 3.8) is 0 Å². The average Bonchev–Trinajstić information content (AvgIpc) is 2.79. The number of carbonyl (C=O) groups excluding carboxylic acids is 2. The van der Waals surface area contributed by atoms with Crippen LogP contribution in [0.2, 0.25) is 0 Å². The third-order valence-electron chi connectivity index (χ3n) is 5.48. The molecular weight excluding hydrogens is 447 g/mol. The summed E-state index contributed by atoms with van der Waals surface area (Å²) in [4.78, 5) is 50.6. The van der Waals surface area contributed by atoms with E-state index in [9.17, 15) is 34.0 Å². The first-order valence-corrected chi connectivity index (χ1v) is 10.4. The summed E-state index contributed by atoms with van der Waals surface area (Å²) in [5.41, 5.74) is 0.267. The summed E-state index contributed by atoms with van der Waals surface area (Å²) in [5, 5.41) is 23.6. The van der Waals surface area contributed by atoms with Gasteiger partial charge in [-0.1, -0.05) is 18.2 Å². The molecule has 2 N–H and O–H groups in total. The van der Waals surface area contributed by atoms with Gasteiger partial charge < -0.3 is 20.2 Å². The lowest BCUT2D eigenvalue weighted by Crippen LogP contribution is -2.49. The second kappa shape index (κ2) is 10.1. The minimum atomic E-state index is -1.27. The minimum absolute atomic E-state index is 0.0595. The van der Waals surface area contributed by atoms with Crippen LogP contribution in [-0.4, -0.2) is 57.9 Å². The van der Waals surface area contributed by atoms with Crippen molar-refractivity contribution in [3.8, 4) is 0 Å². The number of aliphatic carboxylic acids is 1. The molecule has 0 saturated heterocycles. The molecule has 11 heteroatoms. The number of nitro groups is 1. The molecule has 2 aromatic carbocycles. The Hall–Kier alpha value is -4.28. The Balaban J connectivity index is 1.83. The van der Waals surface area contributed by atoms with E-state index in [1.807, 2.05) is 0 Å². The van der Waals surface area contributed by atoms with Gasteiger partial charge in [-0.15, -0.1) is 0 Å². The van der Waals surface area contributed by atoms with Crippen molar-refractivity contribution >= 4 is 23.6 Å². The summed E-state index contributed by atoms with van der Waals surface area (Å²) in [6.45, 7) is 1.71. The zero-order valence-corrected chi connectivity index (χ0v) is 18.5. The molecule has 1 unspecified atom stereocenters. The summed E-state index contributed by atoms with van der Waals surface area (Å²) in [7, 11) is 1.54. The monoisotopic (exact) mass is 470 g/mol. The van der Waals surface area contributed by atoms with Crippen molar-refractivity contribution in [2.24, 2.45) is 0 Å². The minimum Gasteiger partial charge on any atom is -0.478 e. The van der Waals surface area contributed by atoms with E-state index >= 15 is 0 Å². The summed E-state index contributed by atoms with van der Waals surface area (Å²) >= 11 is 0. The fourth-order valence-electron chi connectivity index (χ4n) is 3.86. The largest absolute Gasteiger partial charge is 0.478 e. The number of carboxylic acid groups (broad SMARTS) is 1. The van der Waals surface area contributed by atoms with Crippen LogP contribution in [0.1, 0.15) is 35.3 Å². The van der Waals surface area contributed by atoms with Gasteiger partial charge in [-0.3, -0.25) is 14.9 Å². The number of carboxylic acids is 1. The summed E-state index contributed by atoms with van der Waals surface area (Å²) in [6, 6.07) is 9.14. The molecule has 0 fully saturated rings. The van der Waals surface area contributed by atoms with Crippen molar-refractivity contribution in [3.05, 3.63) is 86.9 Å². The van der Waals surface area contributed by atoms with Crippen molar-refractivity contribution in [2.45, 2.75) is 19.4 Å². The summed E-state index contributed by atoms with van der Waals surface area (Å²) < 4.78 is 13.4. The first-order chi connectivity index (χ1) is 16.1. The molecular formula is C23H23FN4O6. The quantitative estimate of drug-likeness (QED) is 0.449. The number of halogens is 1. The molecule has 3 rings (SSSR count). The number of allylic oxidation sites excluding steroid dienone is 1. The number of nitrogens with one attached hydrogen (secondary N) is 1. The van der Waals surface area contributed by atoms with Gasteiger partial charge in [-0.25, -0.2) is 14.0 Å². The van der Waals surface area contributed by atoms with Crippen LogP contribution in [0.4, 0.5) is 14.9 Å². The maximum Gasteiger partial charge on any atom is 0.335 e. The molecule has 1 aliphatic heterocycles. The van der Waals surface area contributed by atoms with Crippen LogP contribution >= 0.6 is 0 Å². The Kier molecular flexibility index (Phi) is 7.24. The molecule has 0 aromatic heterocycles. The van der Waals surface area contributed by atoms with Crippen molar-refractivity contribution in [1.29, 1.82) is 0 Å². The number of nitrogens with zero attached hydrogens (tertiary/aromatic N) is 3. The van der Waals surface area contributed by atoms with Gasteiger partial charge in [0, 0.05) is 43.5 Å². The van der Waals surface area contributed by atoms with E-state index in [1.54, 1.807) is 0 Å². The van der Waals surface area contributed by atoms with E-state index in [4.69, 9.17) is 0 Å². The molecule has 0 bridgehead atoms. The van der Waals surface area contributed by atoms with Gasteiger partial charge in [-0.05, 0) is 37.1 Å². The summed E-state index contributed by atoms with van der Waals surface area (Å²) in [5.74, 6) is -2.20. The molecule has 0 aliphatic carbocycles. The molecule has 0 spiro atoms. The highest BCUT2D eigenvalue weighted by atomic mass is 19.1. The van der Waals surface area contributed by atoms with Crippen LogP contribution < -0.4 is 5.32 Å². The van der Waals surface area contributed by atoms with E-state index < -0.39 is 34.7 Å². The molecule has 1 aliphatic rings. The second-order valence-corrected chi connectivity index (χ2v) is 7.81. The number of amides is 3. The molecule has 0 radical (unpaired) electrons. The Morgan fingerprint density at radius 2 is 1.94 bits per heavy atom. The van der Waals surface area contributed by atoms with Crippen molar-refractivity contribution in [2.75, 3.05) is 20.1 Å². The lowest BCUT2D eigenvalue weighted by molar-refractivity contribution is -0.384. The van der Waals surface area contributed by atoms with Gasteiger partial charge in [0.2, 0.25) is 0 Å². The predicted octanol–water partition coefficient (Wildman–Crippen LogP) is 3.32. The number of nitro benzene ring substituents is 1. The first-order valence-electron chi connectivity index (χ1n) is 10.4.